The van der Waals surface area contributed by atoms with Gasteiger partial charge in [0, 0.05) is 36.0 Å². The van der Waals surface area contributed by atoms with Gasteiger partial charge in [0.2, 0.25) is 0 Å². The maximum Gasteiger partial charge on any atom is 0.427 e. The molecule has 4 rings (SSSR count). The smallest absolute Gasteiger partial charge is 0.427 e. The molecule has 0 unspecified atom stereocenters. The molecule has 9 nitrogen and oxygen atoms in total. The fraction of sp³-hybridized carbons (Fsp3) is 0.308. The van der Waals surface area contributed by atoms with Gasteiger partial charge in [-0.15, -0.1) is 0 Å². The zero-order valence-electron chi connectivity index (χ0n) is 20.4. The van der Waals surface area contributed by atoms with Gasteiger partial charge in [0.05, 0.1) is 18.5 Å². The van der Waals surface area contributed by atoms with E-state index in [0.717, 1.165) is 45.0 Å². The van der Waals surface area contributed by atoms with Crippen LogP contribution in [0, 0.1) is 0 Å². The first-order valence-corrected chi connectivity index (χ1v) is 11.2. The van der Waals surface area contributed by atoms with E-state index in [1.165, 1.54) is 23.9 Å². The number of hydrazone groups is 1. The molecule has 2 aromatic carbocycles. The van der Waals surface area contributed by atoms with E-state index in [0.29, 0.717) is 17.9 Å². The van der Waals surface area contributed by atoms with Gasteiger partial charge in [0.15, 0.2) is 0 Å². The molecule has 0 aliphatic heterocycles. The average Bonchev–Trinajstić information content (AvgIpc) is 3.19. The second-order valence-electron chi connectivity index (χ2n) is 9.53. The van der Waals surface area contributed by atoms with Crippen LogP contribution in [0.25, 0.3) is 16.8 Å². The lowest BCUT2D eigenvalue weighted by Crippen LogP contribution is -2.27. The van der Waals surface area contributed by atoms with E-state index in [9.17, 15) is 14.4 Å². The minimum absolute atomic E-state index is 0.292. The summed E-state index contributed by atoms with van der Waals surface area (Å²) in [6.45, 7) is 6.20. The van der Waals surface area contributed by atoms with Crippen molar-refractivity contribution < 1.29 is 14.6 Å². The average molecular weight is 477 g/mol. The molecule has 35 heavy (non-hydrogen) atoms. The van der Waals surface area contributed by atoms with Crippen molar-refractivity contribution in [1.29, 1.82) is 0 Å². The van der Waals surface area contributed by atoms with Crippen molar-refractivity contribution in [2.75, 3.05) is 14.2 Å². The third-order valence-electron chi connectivity index (χ3n) is 6.09. The summed E-state index contributed by atoms with van der Waals surface area (Å²) >= 11 is 0. The van der Waals surface area contributed by atoms with E-state index >= 15 is 0 Å². The summed E-state index contributed by atoms with van der Waals surface area (Å²) in [7, 11) is 3.03. The van der Waals surface area contributed by atoms with Crippen molar-refractivity contribution in [3.63, 3.8) is 0 Å². The van der Waals surface area contributed by atoms with Crippen LogP contribution in [0.2, 0.25) is 0 Å². The monoisotopic (exact) mass is 476 g/mol. The van der Waals surface area contributed by atoms with Crippen LogP contribution in [0.3, 0.4) is 0 Å². The summed E-state index contributed by atoms with van der Waals surface area (Å²) in [5.74, 6) is 0.705. The van der Waals surface area contributed by atoms with Gasteiger partial charge in [-0.2, -0.15) is 5.10 Å². The molecular formula is C26H28N4O5. The molecule has 0 saturated heterocycles. The predicted molar refractivity (Wildman–Crippen MR) is 134 cm³/mol. The van der Waals surface area contributed by atoms with Crippen LogP contribution in [-0.4, -0.2) is 45.6 Å². The summed E-state index contributed by atoms with van der Waals surface area (Å²) in [5.41, 5.74) is 4.67. The van der Waals surface area contributed by atoms with Gasteiger partial charge in [0.1, 0.15) is 5.75 Å². The van der Waals surface area contributed by atoms with Crippen LogP contribution >= 0.6 is 0 Å². The highest BCUT2D eigenvalue weighted by Crippen LogP contribution is 2.42. The highest BCUT2D eigenvalue weighted by molar-refractivity contribution is 6.05. The molecule has 3 aromatic rings. The summed E-state index contributed by atoms with van der Waals surface area (Å²) in [6.07, 6.45) is 1.73. The standard InChI is InChI=1S/C26H28N4O5/c1-26(2,3)20-14-17(30-11-10-22(31)27-24(30)32)13-19(23(20)35-5)16-6-8-18-15(12-16)7-9-21(18)28-29(4)25(33)34/h6,8,10-14H,7,9H2,1-5H3,(H,33,34)(H,27,31,32). The Hall–Kier alpha value is -4.14. The van der Waals surface area contributed by atoms with Crippen molar-refractivity contribution >= 4 is 11.8 Å². The van der Waals surface area contributed by atoms with Gasteiger partial charge in [-0.25, -0.2) is 14.6 Å². The second-order valence-corrected chi connectivity index (χ2v) is 9.53. The van der Waals surface area contributed by atoms with Crippen molar-refractivity contribution in [2.45, 2.75) is 39.0 Å². The minimum Gasteiger partial charge on any atom is -0.496 e. The molecule has 1 heterocycles. The molecular weight excluding hydrogens is 448 g/mol. The Balaban J connectivity index is 1.91. The van der Waals surface area contributed by atoms with Crippen molar-refractivity contribution in [1.82, 2.24) is 14.6 Å². The fourth-order valence-corrected chi connectivity index (χ4v) is 4.33. The number of ether oxygens (including phenoxy) is 1. The first-order valence-electron chi connectivity index (χ1n) is 11.2. The summed E-state index contributed by atoms with van der Waals surface area (Å²) in [5, 5.41) is 14.3. The van der Waals surface area contributed by atoms with E-state index in [1.54, 1.807) is 7.11 Å². The predicted octanol–water partition coefficient (Wildman–Crippen LogP) is 3.76. The normalized spacial score (nSPS) is 14.1. The highest BCUT2D eigenvalue weighted by Gasteiger charge is 2.25. The molecule has 1 aliphatic carbocycles. The van der Waals surface area contributed by atoms with Crippen LogP contribution in [0.5, 0.6) is 5.75 Å². The van der Waals surface area contributed by atoms with Crippen molar-refractivity contribution in [3.8, 4) is 22.6 Å². The molecule has 1 amide bonds. The number of fused-ring (bicyclic) bond motifs is 1. The summed E-state index contributed by atoms with van der Waals surface area (Å²) in [6, 6.07) is 11.0. The molecule has 0 saturated carbocycles. The number of hydrogen-bond donors (Lipinski definition) is 2. The lowest BCUT2D eigenvalue weighted by Gasteiger charge is -2.26. The van der Waals surface area contributed by atoms with Gasteiger partial charge >= 0.3 is 11.8 Å². The van der Waals surface area contributed by atoms with Gasteiger partial charge in [-0.3, -0.25) is 14.3 Å². The van der Waals surface area contributed by atoms with Crippen LogP contribution in [0.1, 0.15) is 43.9 Å². The zero-order valence-corrected chi connectivity index (χ0v) is 20.4. The second kappa shape index (κ2) is 8.90. The highest BCUT2D eigenvalue weighted by atomic mass is 16.5. The SMILES string of the molecule is COc1c(-c2ccc3c(c2)CCC3=NN(C)C(=O)O)cc(-n2ccc(=O)[nH]c2=O)cc1C(C)(C)C. The third-order valence-corrected chi connectivity index (χ3v) is 6.09. The van der Waals surface area contributed by atoms with Gasteiger partial charge in [0.25, 0.3) is 5.56 Å². The van der Waals surface area contributed by atoms with Gasteiger partial charge in [-0.05, 0) is 41.5 Å². The van der Waals surface area contributed by atoms with Crippen molar-refractivity contribution in [2.24, 2.45) is 5.10 Å². The quantitative estimate of drug-likeness (QED) is 0.556. The number of carboxylic acid groups (broad SMARTS) is 1. The number of rotatable bonds is 4. The van der Waals surface area contributed by atoms with E-state index < -0.39 is 17.3 Å². The number of amides is 1. The molecule has 0 bridgehead atoms. The van der Waals surface area contributed by atoms with Crippen LogP contribution in [-0.2, 0) is 11.8 Å². The molecule has 0 radical (unpaired) electrons. The zero-order chi connectivity index (χ0) is 25.5. The lowest BCUT2D eigenvalue weighted by atomic mass is 9.83. The van der Waals surface area contributed by atoms with E-state index in [-0.39, 0.29) is 5.41 Å². The van der Waals surface area contributed by atoms with E-state index in [2.05, 4.69) is 36.9 Å². The number of aromatic amines is 1. The number of nitrogens with zero attached hydrogens (tertiary/aromatic N) is 3. The first kappa shape index (κ1) is 24.0. The first-order chi connectivity index (χ1) is 16.5. The van der Waals surface area contributed by atoms with Crippen LogP contribution in [0.4, 0.5) is 4.79 Å². The summed E-state index contributed by atoms with van der Waals surface area (Å²) < 4.78 is 7.28. The number of benzene rings is 2. The van der Waals surface area contributed by atoms with Crippen LogP contribution in [0.15, 0.2) is 57.3 Å². The Bertz CT molecular complexity index is 1460. The summed E-state index contributed by atoms with van der Waals surface area (Å²) in [4.78, 5) is 37.6. The molecule has 1 aromatic heterocycles. The van der Waals surface area contributed by atoms with Gasteiger partial charge in [-0.1, -0.05) is 39.0 Å². The Morgan fingerprint density at radius 2 is 1.86 bits per heavy atom. The third kappa shape index (κ3) is 4.62. The Labute approximate surface area is 202 Å². The molecule has 182 valence electrons. The molecule has 0 fully saturated rings. The number of aryl methyl sites for hydroxylation is 1. The fourth-order valence-electron chi connectivity index (χ4n) is 4.33. The molecule has 9 heteroatoms. The Kier molecular flexibility index (Phi) is 6.10. The minimum atomic E-state index is -1.11. The number of H-pyrrole nitrogens is 1. The lowest BCUT2D eigenvalue weighted by molar-refractivity contribution is 0.157. The number of methoxy groups -OCH3 is 1. The van der Waals surface area contributed by atoms with Crippen LogP contribution < -0.4 is 16.0 Å². The Morgan fingerprint density at radius 1 is 1.11 bits per heavy atom. The molecule has 0 atom stereocenters. The van der Waals surface area contributed by atoms with Crippen molar-refractivity contribution in [3.05, 3.63) is 80.1 Å². The number of carbonyl (C=O) groups is 1. The Morgan fingerprint density at radius 3 is 2.49 bits per heavy atom. The number of hydrogen-bond acceptors (Lipinski definition) is 5. The maximum atomic E-state index is 12.5. The topological polar surface area (TPSA) is 117 Å². The molecule has 1 aliphatic rings. The van der Waals surface area contributed by atoms with E-state index in [1.807, 2.05) is 24.3 Å². The van der Waals surface area contributed by atoms with Gasteiger partial charge < -0.3 is 9.84 Å². The molecule has 2 N–H and O–H groups in total. The molecule has 0 spiro atoms. The number of aromatic nitrogens is 2. The maximum absolute atomic E-state index is 12.5. The number of nitrogens with one attached hydrogen (secondary N) is 1. The van der Waals surface area contributed by atoms with E-state index in [4.69, 9.17) is 9.84 Å². The largest absolute Gasteiger partial charge is 0.496 e.